The topological polar surface area (TPSA) is 153 Å². The molecule has 0 saturated heterocycles. The minimum absolute atomic E-state index is 0.108. The fraction of sp³-hybridized carbons (Fsp3) is 0.733. The molecule has 0 spiro atoms. The summed E-state index contributed by atoms with van der Waals surface area (Å²) in [6, 6.07) is -1.47. The molecule has 0 rings (SSSR count). The predicted octanol–water partition coefficient (Wildman–Crippen LogP) is 0.926. The van der Waals surface area contributed by atoms with Crippen molar-refractivity contribution < 1.29 is 34.5 Å². The number of carboxylic acids is 3. The first kappa shape index (κ1) is 26.7. The lowest BCUT2D eigenvalue weighted by Crippen LogP contribution is -2.36. The molecular formula is C15H30N2O7. The highest BCUT2D eigenvalue weighted by Crippen LogP contribution is 1.99. The summed E-state index contributed by atoms with van der Waals surface area (Å²) >= 11 is 0. The van der Waals surface area contributed by atoms with Crippen molar-refractivity contribution in [3.05, 3.63) is 0 Å². The van der Waals surface area contributed by atoms with Gasteiger partial charge in [-0.05, 0) is 19.9 Å². The number of nitrogens with one attached hydrogen (secondary N) is 2. The molecule has 0 aromatic rings. The predicted molar refractivity (Wildman–Crippen MR) is 88.8 cm³/mol. The third-order valence-electron chi connectivity index (χ3n) is 2.71. The zero-order valence-electron chi connectivity index (χ0n) is 14.7. The molecule has 9 nitrogen and oxygen atoms in total. The normalized spacial score (nSPS) is 11.5. The quantitative estimate of drug-likeness (QED) is 0.345. The molecular weight excluding hydrogens is 320 g/mol. The number of hydrogen-bond donors (Lipinski definition) is 5. The number of carbonyl (C=O) groups is 4. The summed E-state index contributed by atoms with van der Waals surface area (Å²) in [7, 11) is 1.68. The van der Waals surface area contributed by atoms with Gasteiger partial charge < -0.3 is 26.0 Å². The van der Waals surface area contributed by atoms with Gasteiger partial charge in [0.15, 0.2) is 0 Å². The van der Waals surface area contributed by atoms with Gasteiger partial charge in [0.1, 0.15) is 12.1 Å². The first-order chi connectivity index (χ1) is 11.3. The average Bonchev–Trinajstić information content (AvgIpc) is 2.54. The van der Waals surface area contributed by atoms with Crippen LogP contribution in [0, 0.1) is 0 Å². The summed E-state index contributed by atoms with van der Waals surface area (Å²) in [5, 5.41) is 29.9. The van der Waals surface area contributed by atoms with Crippen molar-refractivity contribution in [1.29, 1.82) is 0 Å². The largest absolute Gasteiger partial charge is 0.481 e. The second-order valence-electron chi connectivity index (χ2n) is 4.43. The van der Waals surface area contributed by atoms with Gasteiger partial charge in [-0.15, -0.1) is 0 Å². The van der Waals surface area contributed by atoms with Crippen LogP contribution in [-0.2, 0) is 19.2 Å². The van der Waals surface area contributed by atoms with E-state index in [9.17, 15) is 19.2 Å². The van der Waals surface area contributed by atoms with Crippen molar-refractivity contribution in [3.8, 4) is 0 Å². The van der Waals surface area contributed by atoms with Crippen LogP contribution in [0.25, 0.3) is 0 Å². The number of carbonyl (C=O) groups excluding carboxylic acids is 1. The molecule has 0 aliphatic carbocycles. The Labute approximate surface area is 142 Å². The Kier molecular flexibility index (Phi) is 21.0. The molecule has 2 unspecified atom stereocenters. The van der Waals surface area contributed by atoms with Crippen LogP contribution >= 0.6 is 0 Å². The van der Waals surface area contributed by atoms with E-state index >= 15 is 0 Å². The third kappa shape index (κ3) is 17.9. The fourth-order valence-electron chi connectivity index (χ4n) is 1.43. The van der Waals surface area contributed by atoms with Gasteiger partial charge in [0.2, 0.25) is 6.41 Å². The molecule has 0 aliphatic rings. The monoisotopic (exact) mass is 350 g/mol. The Bertz CT molecular complexity index is 362. The lowest BCUT2D eigenvalue weighted by molar-refractivity contribution is -0.142. The van der Waals surface area contributed by atoms with Crippen molar-refractivity contribution in [1.82, 2.24) is 10.6 Å². The van der Waals surface area contributed by atoms with E-state index in [2.05, 4.69) is 12.2 Å². The van der Waals surface area contributed by atoms with Crippen LogP contribution in [0.4, 0.5) is 0 Å². The van der Waals surface area contributed by atoms with Crippen LogP contribution in [-0.4, -0.2) is 58.8 Å². The number of hydrogen-bond acceptors (Lipinski definition) is 5. The van der Waals surface area contributed by atoms with Gasteiger partial charge in [0.25, 0.3) is 0 Å². The van der Waals surface area contributed by atoms with Crippen LogP contribution in [0.1, 0.15) is 52.9 Å². The number of amides is 1. The van der Waals surface area contributed by atoms with E-state index in [4.69, 9.17) is 15.3 Å². The van der Waals surface area contributed by atoms with Gasteiger partial charge >= 0.3 is 17.9 Å². The van der Waals surface area contributed by atoms with Crippen LogP contribution < -0.4 is 10.6 Å². The van der Waals surface area contributed by atoms with Gasteiger partial charge in [-0.1, -0.05) is 33.6 Å². The Morgan fingerprint density at radius 2 is 1.50 bits per heavy atom. The lowest BCUT2D eigenvalue weighted by Gasteiger charge is -2.08. The zero-order chi connectivity index (χ0) is 19.5. The molecule has 0 fully saturated rings. The maximum absolute atomic E-state index is 10.4. The van der Waals surface area contributed by atoms with Crippen LogP contribution in [0.5, 0.6) is 0 Å². The zero-order valence-corrected chi connectivity index (χ0v) is 14.7. The van der Waals surface area contributed by atoms with Crippen LogP contribution in [0.2, 0.25) is 0 Å². The smallest absolute Gasteiger partial charge is 0.326 e. The standard InChI is InChI=1S/C7H15NO2.C6H9NO5.C2H6/c1-3-4-5-6(8-2)7(9)10;8-3-7-4(6(11)12)1-2-5(9)10;1-2/h6,8H,3-5H2,1-2H3,(H,9,10);3-4H,1-2H2,(H,7,8)(H,9,10)(H,11,12);1-2H3. The summed E-state index contributed by atoms with van der Waals surface area (Å²) in [4.78, 5) is 40.5. The van der Waals surface area contributed by atoms with Gasteiger partial charge in [0, 0.05) is 6.42 Å². The van der Waals surface area contributed by atoms with E-state index < -0.39 is 23.9 Å². The van der Waals surface area contributed by atoms with Gasteiger partial charge in [-0.3, -0.25) is 14.4 Å². The summed E-state index contributed by atoms with van der Waals surface area (Å²) in [5.74, 6) is -3.08. The summed E-state index contributed by atoms with van der Waals surface area (Å²) in [6.07, 6.45) is 2.59. The molecule has 0 bridgehead atoms. The second-order valence-corrected chi connectivity index (χ2v) is 4.43. The number of rotatable bonds is 11. The minimum Gasteiger partial charge on any atom is -0.481 e. The minimum atomic E-state index is -1.23. The molecule has 0 aromatic heterocycles. The van der Waals surface area contributed by atoms with Crippen molar-refractivity contribution in [2.45, 2.75) is 65.0 Å². The molecule has 0 heterocycles. The maximum atomic E-state index is 10.4. The molecule has 2 atom stereocenters. The number of aliphatic carboxylic acids is 3. The van der Waals surface area contributed by atoms with Gasteiger partial charge in [-0.2, -0.15) is 0 Å². The van der Waals surface area contributed by atoms with E-state index in [1.54, 1.807) is 7.05 Å². The molecule has 0 aromatic carbocycles. The average molecular weight is 350 g/mol. The molecule has 9 heteroatoms. The van der Waals surface area contributed by atoms with Crippen molar-refractivity contribution in [2.24, 2.45) is 0 Å². The van der Waals surface area contributed by atoms with E-state index in [0.29, 0.717) is 0 Å². The molecule has 142 valence electrons. The Morgan fingerprint density at radius 1 is 1.00 bits per heavy atom. The van der Waals surface area contributed by atoms with Crippen molar-refractivity contribution in [2.75, 3.05) is 7.05 Å². The van der Waals surface area contributed by atoms with E-state index in [0.717, 1.165) is 19.3 Å². The second kappa shape index (κ2) is 18.9. The molecule has 24 heavy (non-hydrogen) atoms. The number of carboxylic acid groups (broad SMARTS) is 3. The highest BCUT2D eigenvalue weighted by Gasteiger charge is 2.16. The first-order valence-corrected chi connectivity index (χ1v) is 7.84. The highest BCUT2D eigenvalue weighted by atomic mass is 16.4. The van der Waals surface area contributed by atoms with E-state index in [1.165, 1.54) is 0 Å². The fourth-order valence-corrected chi connectivity index (χ4v) is 1.43. The molecule has 1 amide bonds. The van der Waals surface area contributed by atoms with Gasteiger partial charge in [0.05, 0.1) is 0 Å². The molecule has 0 aliphatic heterocycles. The summed E-state index contributed by atoms with van der Waals surface area (Å²) in [5.41, 5.74) is 0. The van der Waals surface area contributed by atoms with E-state index in [1.807, 2.05) is 19.2 Å². The third-order valence-corrected chi connectivity index (χ3v) is 2.71. The highest BCUT2D eigenvalue weighted by molar-refractivity contribution is 5.77. The van der Waals surface area contributed by atoms with Crippen LogP contribution in [0.3, 0.4) is 0 Å². The maximum Gasteiger partial charge on any atom is 0.326 e. The Morgan fingerprint density at radius 3 is 1.79 bits per heavy atom. The molecule has 0 saturated carbocycles. The van der Waals surface area contributed by atoms with Crippen LogP contribution in [0.15, 0.2) is 0 Å². The SMILES string of the molecule is CC.CCCCC(NC)C(=O)O.O=CNC(CCC(=O)O)C(=O)O. The Hall–Kier alpha value is -2.16. The number of unbranched alkanes of at least 4 members (excludes halogenated alkanes) is 1. The van der Waals surface area contributed by atoms with Crippen molar-refractivity contribution >= 4 is 24.3 Å². The van der Waals surface area contributed by atoms with Crippen molar-refractivity contribution in [3.63, 3.8) is 0 Å². The van der Waals surface area contributed by atoms with Gasteiger partial charge in [-0.25, -0.2) is 4.79 Å². The first-order valence-electron chi connectivity index (χ1n) is 7.84. The molecule has 5 N–H and O–H groups in total. The Balaban J connectivity index is -0.000000337. The lowest BCUT2D eigenvalue weighted by atomic mass is 10.1. The van der Waals surface area contributed by atoms with E-state index in [-0.39, 0.29) is 25.3 Å². The summed E-state index contributed by atoms with van der Waals surface area (Å²) in [6.45, 7) is 6.05. The molecule has 0 radical (unpaired) electrons. The number of likely N-dealkylation sites (N-methyl/N-ethyl adjacent to an activating group) is 1. The summed E-state index contributed by atoms with van der Waals surface area (Å²) < 4.78 is 0.